The highest BCUT2D eigenvalue weighted by Gasteiger charge is 2.53. The Bertz CT molecular complexity index is 200. The van der Waals surface area contributed by atoms with E-state index in [0.717, 1.165) is 17.4 Å². The molecule has 0 aromatic heterocycles. The molecular formula is C12H22N2. The van der Waals surface area contributed by atoms with Crippen molar-refractivity contribution in [3.8, 4) is 0 Å². The first-order chi connectivity index (χ1) is 6.89. The van der Waals surface area contributed by atoms with Crippen LogP contribution >= 0.6 is 0 Å². The van der Waals surface area contributed by atoms with Crippen LogP contribution in [0.1, 0.15) is 38.5 Å². The molecule has 3 fully saturated rings. The minimum Gasteiger partial charge on any atom is -0.315 e. The zero-order chi connectivity index (χ0) is 9.43. The molecule has 14 heavy (non-hydrogen) atoms. The van der Waals surface area contributed by atoms with Gasteiger partial charge in [-0.25, -0.2) is 0 Å². The van der Waals surface area contributed by atoms with E-state index in [1.807, 2.05) is 0 Å². The number of hydrogen-bond donors (Lipinski definition) is 2. The molecule has 0 radical (unpaired) electrons. The van der Waals surface area contributed by atoms with Crippen LogP contribution in [0.2, 0.25) is 0 Å². The van der Waals surface area contributed by atoms with Gasteiger partial charge in [0.1, 0.15) is 0 Å². The first kappa shape index (κ1) is 9.17. The van der Waals surface area contributed by atoms with Crippen LogP contribution in [0, 0.1) is 11.3 Å². The molecule has 3 rings (SSSR count). The van der Waals surface area contributed by atoms with Gasteiger partial charge in [-0.2, -0.15) is 0 Å². The van der Waals surface area contributed by atoms with Crippen LogP contribution in [0.5, 0.6) is 0 Å². The van der Waals surface area contributed by atoms with Gasteiger partial charge in [-0.15, -0.1) is 0 Å². The minimum absolute atomic E-state index is 0.769. The largest absolute Gasteiger partial charge is 0.315 e. The first-order valence-corrected chi connectivity index (χ1v) is 6.33. The van der Waals surface area contributed by atoms with Crippen molar-refractivity contribution in [1.29, 1.82) is 0 Å². The molecule has 80 valence electrons. The highest BCUT2D eigenvalue weighted by atomic mass is 15.0. The van der Waals surface area contributed by atoms with Crippen molar-refractivity contribution in [2.45, 2.75) is 44.6 Å². The van der Waals surface area contributed by atoms with E-state index in [0.29, 0.717) is 0 Å². The van der Waals surface area contributed by atoms with Crippen molar-refractivity contribution in [2.75, 3.05) is 19.6 Å². The van der Waals surface area contributed by atoms with Crippen LogP contribution in [-0.4, -0.2) is 25.7 Å². The summed E-state index contributed by atoms with van der Waals surface area (Å²) in [5.74, 6) is 1.10. The molecule has 2 nitrogen and oxygen atoms in total. The summed E-state index contributed by atoms with van der Waals surface area (Å²) in [5.41, 5.74) is 0.776. The van der Waals surface area contributed by atoms with Gasteiger partial charge in [-0.3, -0.25) is 0 Å². The molecule has 0 bridgehead atoms. The van der Waals surface area contributed by atoms with Crippen molar-refractivity contribution < 1.29 is 0 Å². The van der Waals surface area contributed by atoms with E-state index in [-0.39, 0.29) is 0 Å². The second-order valence-corrected chi connectivity index (χ2v) is 5.56. The van der Waals surface area contributed by atoms with Crippen LogP contribution in [-0.2, 0) is 0 Å². The lowest BCUT2D eigenvalue weighted by atomic mass is 10.0. The predicted molar refractivity (Wildman–Crippen MR) is 58.3 cm³/mol. The van der Waals surface area contributed by atoms with Crippen LogP contribution in [0.25, 0.3) is 0 Å². The van der Waals surface area contributed by atoms with Gasteiger partial charge in [0.05, 0.1) is 0 Å². The average molecular weight is 194 g/mol. The molecule has 0 spiro atoms. The second-order valence-electron chi connectivity index (χ2n) is 5.56. The van der Waals surface area contributed by atoms with Gasteiger partial charge in [0, 0.05) is 19.1 Å². The van der Waals surface area contributed by atoms with Crippen molar-refractivity contribution >= 4 is 0 Å². The Hall–Kier alpha value is -0.0800. The highest BCUT2D eigenvalue weighted by molar-refractivity contribution is 5.05. The van der Waals surface area contributed by atoms with Crippen molar-refractivity contribution in [2.24, 2.45) is 11.3 Å². The van der Waals surface area contributed by atoms with E-state index >= 15 is 0 Å². The lowest BCUT2D eigenvalue weighted by molar-refractivity contribution is 0.391. The third-order valence-electron chi connectivity index (χ3n) is 4.37. The van der Waals surface area contributed by atoms with E-state index in [2.05, 4.69) is 10.6 Å². The molecule has 2 N–H and O–H groups in total. The number of hydrogen-bond acceptors (Lipinski definition) is 2. The molecule has 2 heteroatoms. The molecule has 2 saturated carbocycles. The zero-order valence-electron chi connectivity index (χ0n) is 9.02. The van der Waals surface area contributed by atoms with Gasteiger partial charge < -0.3 is 10.6 Å². The lowest BCUT2D eigenvalue weighted by Crippen LogP contribution is -2.37. The Kier molecular flexibility index (Phi) is 2.29. The summed E-state index contributed by atoms with van der Waals surface area (Å²) in [6, 6.07) is 0.769. The zero-order valence-corrected chi connectivity index (χ0v) is 9.02. The monoisotopic (exact) mass is 194 g/mol. The van der Waals surface area contributed by atoms with Crippen LogP contribution in [0.4, 0.5) is 0 Å². The van der Waals surface area contributed by atoms with E-state index in [4.69, 9.17) is 0 Å². The molecule has 0 aromatic carbocycles. The van der Waals surface area contributed by atoms with E-state index in [9.17, 15) is 0 Å². The maximum Gasteiger partial charge on any atom is 0.0192 e. The SMILES string of the molecule is C1CNC(CNCC2(C3CC3)CC2)C1. The van der Waals surface area contributed by atoms with Gasteiger partial charge in [0.25, 0.3) is 0 Å². The summed E-state index contributed by atoms with van der Waals surface area (Å²) in [4.78, 5) is 0. The predicted octanol–water partition coefficient (Wildman–Crippen LogP) is 1.52. The molecule has 0 aromatic rings. The Morgan fingerprint density at radius 2 is 2.07 bits per heavy atom. The smallest absolute Gasteiger partial charge is 0.0192 e. The summed E-state index contributed by atoms with van der Waals surface area (Å²) in [6.45, 7) is 3.74. The molecule has 1 heterocycles. The van der Waals surface area contributed by atoms with Crippen LogP contribution in [0.15, 0.2) is 0 Å². The maximum absolute atomic E-state index is 3.69. The molecular weight excluding hydrogens is 172 g/mol. The second kappa shape index (κ2) is 3.49. The van der Waals surface area contributed by atoms with Crippen LogP contribution in [0.3, 0.4) is 0 Å². The molecule has 0 amide bonds. The Morgan fingerprint density at radius 1 is 1.21 bits per heavy atom. The third-order valence-corrected chi connectivity index (χ3v) is 4.37. The first-order valence-electron chi connectivity index (χ1n) is 6.33. The minimum atomic E-state index is 0.769. The molecule has 2 aliphatic carbocycles. The number of rotatable bonds is 5. The molecule has 1 atom stereocenters. The van der Waals surface area contributed by atoms with Gasteiger partial charge in [-0.05, 0) is 56.4 Å². The van der Waals surface area contributed by atoms with Crippen LogP contribution < -0.4 is 10.6 Å². The van der Waals surface area contributed by atoms with Gasteiger partial charge >= 0.3 is 0 Å². The fourth-order valence-corrected chi connectivity index (χ4v) is 3.01. The molecule has 1 saturated heterocycles. The Morgan fingerprint density at radius 3 is 2.64 bits per heavy atom. The van der Waals surface area contributed by atoms with Crippen molar-refractivity contribution in [3.05, 3.63) is 0 Å². The topological polar surface area (TPSA) is 24.1 Å². The van der Waals surface area contributed by atoms with E-state index in [1.54, 1.807) is 0 Å². The van der Waals surface area contributed by atoms with E-state index in [1.165, 1.54) is 58.2 Å². The molecule has 3 aliphatic rings. The third kappa shape index (κ3) is 1.82. The van der Waals surface area contributed by atoms with Crippen molar-refractivity contribution in [3.63, 3.8) is 0 Å². The average Bonchev–Trinajstić information content (AvgIpc) is 3.07. The van der Waals surface area contributed by atoms with Crippen molar-refractivity contribution in [1.82, 2.24) is 10.6 Å². The summed E-state index contributed by atoms with van der Waals surface area (Å²) in [7, 11) is 0. The summed E-state index contributed by atoms with van der Waals surface area (Å²) >= 11 is 0. The lowest BCUT2D eigenvalue weighted by Gasteiger charge is -2.17. The Balaban J connectivity index is 1.37. The summed E-state index contributed by atoms with van der Waals surface area (Å²) in [6.07, 6.45) is 8.79. The fourth-order valence-electron chi connectivity index (χ4n) is 3.01. The van der Waals surface area contributed by atoms with E-state index < -0.39 is 0 Å². The normalized spacial score (nSPS) is 34.7. The summed E-state index contributed by atoms with van der Waals surface area (Å²) in [5, 5.41) is 7.23. The highest BCUT2D eigenvalue weighted by Crippen LogP contribution is 2.60. The Labute approximate surface area is 86.8 Å². The van der Waals surface area contributed by atoms with Gasteiger partial charge in [0.15, 0.2) is 0 Å². The number of nitrogens with one attached hydrogen (secondary N) is 2. The molecule has 1 aliphatic heterocycles. The standard InChI is InChI=1S/C12H22N2/c1-2-11(14-7-1)8-13-9-12(5-6-12)10-3-4-10/h10-11,13-14H,1-9H2. The quantitative estimate of drug-likeness (QED) is 0.693. The van der Waals surface area contributed by atoms with Gasteiger partial charge in [0.2, 0.25) is 0 Å². The summed E-state index contributed by atoms with van der Waals surface area (Å²) < 4.78 is 0. The fraction of sp³-hybridized carbons (Fsp3) is 1.00. The van der Waals surface area contributed by atoms with Gasteiger partial charge in [-0.1, -0.05) is 0 Å². The molecule has 1 unspecified atom stereocenters. The maximum atomic E-state index is 3.69.